The summed E-state index contributed by atoms with van der Waals surface area (Å²) in [6, 6.07) is 3.98. The molecule has 1 N–H and O–H groups in total. The molecule has 1 aromatic carbocycles. The van der Waals surface area contributed by atoms with E-state index < -0.39 is 0 Å². The second kappa shape index (κ2) is 6.89. The summed E-state index contributed by atoms with van der Waals surface area (Å²) >= 11 is 6.45. The molecule has 0 radical (unpaired) electrons. The molecule has 3 rings (SSSR count). The highest BCUT2D eigenvalue weighted by Crippen LogP contribution is 2.37. The first-order chi connectivity index (χ1) is 10.3. The normalized spacial score (nSPS) is 22.1. The van der Waals surface area contributed by atoms with Crippen LogP contribution in [-0.2, 0) is 6.42 Å². The Hall–Kier alpha value is -0.930. The molecule has 4 heteroatoms. The minimum Gasteiger partial charge on any atom is -0.493 e. The molecule has 1 unspecified atom stereocenters. The molecule has 21 heavy (non-hydrogen) atoms. The van der Waals surface area contributed by atoms with E-state index in [1.54, 1.807) is 7.11 Å². The summed E-state index contributed by atoms with van der Waals surface area (Å²) in [7, 11) is 1.69. The van der Waals surface area contributed by atoms with Crippen molar-refractivity contribution in [2.24, 2.45) is 11.8 Å². The Balaban J connectivity index is 1.70. The van der Waals surface area contributed by atoms with Crippen LogP contribution in [0.2, 0.25) is 5.02 Å². The van der Waals surface area contributed by atoms with Crippen LogP contribution in [0.25, 0.3) is 0 Å². The average molecular weight is 310 g/mol. The predicted octanol–water partition coefficient (Wildman–Crippen LogP) is 3.68. The quantitative estimate of drug-likeness (QED) is 0.869. The molecule has 1 aliphatic carbocycles. The highest BCUT2D eigenvalue weighted by atomic mass is 35.5. The van der Waals surface area contributed by atoms with Gasteiger partial charge in [0.25, 0.3) is 0 Å². The molecular formula is C17H24ClNO2. The van der Waals surface area contributed by atoms with E-state index >= 15 is 0 Å². The minimum atomic E-state index is 0.666. The van der Waals surface area contributed by atoms with Crippen LogP contribution < -0.4 is 14.8 Å². The fourth-order valence-electron chi connectivity index (χ4n) is 2.91. The molecule has 116 valence electrons. The van der Waals surface area contributed by atoms with E-state index in [1.807, 2.05) is 6.07 Å². The Bertz CT molecular complexity index is 482. The van der Waals surface area contributed by atoms with Crippen LogP contribution >= 0.6 is 11.6 Å². The van der Waals surface area contributed by atoms with E-state index in [1.165, 1.54) is 31.2 Å². The van der Waals surface area contributed by atoms with E-state index in [9.17, 15) is 0 Å². The van der Waals surface area contributed by atoms with Crippen molar-refractivity contribution in [1.29, 1.82) is 0 Å². The first-order valence-corrected chi connectivity index (χ1v) is 8.34. The molecule has 1 aromatic rings. The molecular weight excluding hydrogens is 286 g/mol. The molecule has 1 saturated carbocycles. The van der Waals surface area contributed by atoms with Crippen molar-refractivity contribution in [2.45, 2.75) is 32.1 Å². The monoisotopic (exact) mass is 309 g/mol. The highest BCUT2D eigenvalue weighted by Gasteiger charge is 2.23. The lowest BCUT2D eigenvalue weighted by molar-refractivity contribution is 0.280. The Morgan fingerprint density at radius 1 is 1.19 bits per heavy atom. The largest absolute Gasteiger partial charge is 0.493 e. The van der Waals surface area contributed by atoms with E-state index in [-0.39, 0.29) is 0 Å². The maximum absolute atomic E-state index is 6.45. The third-order valence-corrected chi connectivity index (χ3v) is 4.76. The molecule has 2 aliphatic rings. The molecule has 3 nitrogen and oxygen atoms in total. The second-order valence-electron chi connectivity index (χ2n) is 6.27. The summed E-state index contributed by atoms with van der Waals surface area (Å²) < 4.78 is 11.3. The van der Waals surface area contributed by atoms with Crippen molar-refractivity contribution in [2.75, 3.05) is 26.8 Å². The topological polar surface area (TPSA) is 30.5 Å². The van der Waals surface area contributed by atoms with Gasteiger partial charge >= 0.3 is 0 Å². The maximum atomic E-state index is 6.45. The number of piperidine rings is 1. The number of hydrogen-bond donors (Lipinski definition) is 1. The smallest absolute Gasteiger partial charge is 0.162 e. The minimum absolute atomic E-state index is 0.666. The van der Waals surface area contributed by atoms with Crippen molar-refractivity contribution >= 4 is 11.6 Å². The lowest BCUT2D eigenvalue weighted by Crippen LogP contribution is -2.30. The van der Waals surface area contributed by atoms with Crippen molar-refractivity contribution in [3.8, 4) is 11.5 Å². The Labute approximate surface area is 132 Å². The number of hydrogen-bond acceptors (Lipinski definition) is 3. The zero-order valence-corrected chi connectivity index (χ0v) is 13.4. The van der Waals surface area contributed by atoms with Gasteiger partial charge in [0.15, 0.2) is 11.5 Å². The lowest BCUT2D eigenvalue weighted by Gasteiger charge is -2.23. The van der Waals surface area contributed by atoms with Gasteiger partial charge in [-0.3, -0.25) is 0 Å². The van der Waals surface area contributed by atoms with E-state index in [0.29, 0.717) is 5.92 Å². The van der Waals surface area contributed by atoms with Crippen molar-refractivity contribution < 1.29 is 9.47 Å². The molecule has 0 amide bonds. The molecule has 1 heterocycles. The second-order valence-corrected chi connectivity index (χ2v) is 6.67. The van der Waals surface area contributed by atoms with Crippen molar-refractivity contribution in [3.05, 3.63) is 22.7 Å². The summed E-state index contributed by atoms with van der Waals surface area (Å²) in [6.07, 6.45) is 6.09. The number of rotatable bonds is 6. The van der Waals surface area contributed by atoms with Crippen LogP contribution in [0.4, 0.5) is 0 Å². The van der Waals surface area contributed by atoms with Gasteiger partial charge in [0.1, 0.15) is 0 Å². The molecule has 2 fully saturated rings. The van der Waals surface area contributed by atoms with Gasteiger partial charge in [-0.15, -0.1) is 0 Å². The SMILES string of the molecule is COc1cc(CC2CCCNC2)c(Cl)cc1OCC1CC1. The number of nitrogens with one attached hydrogen (secondary N) is 1. The number of methoxy groups -OCH3 is 1. The molecule has 0 spiro atoms. The van der Waals surface area contributed by atoms with Crippen molar-refractivity contribution in [1.82, 2.24) is 5.32 Å². The van der Waals surface area contributed by atoms with Crippen LogP contribution in [0.15, 0.2) is 12.1 Å². The third-order valence-electron chi connectivity index (χ3n) is 4.41. The Morgan fingerprint density at radius 3 is 2.71 bits per heavy atom. The fourth-order valence-corrected chi connectivity index (χ4v) is 3.14. The van der Waals surface area contributed by atoms with E-state index in [4.69, 9.17) is 21.1 Å². The van der Waals surface area contributed by atoms with E-state index in [0.717, 1.165) is 48.6 Å². The predicted molar refractivity (Wildman–Crippen MR) is 85.5 cm³/mol. The van der Waals surface area contributed by atoms with Gasteiger partial charge in [0.05, 0.1) is 13.7 Å². The molecule has 0 bridgehead atoms. The maximum Gasteiger partial charge on any atom is 0.162 e. The number of halogens is 1. The average Bonchev–Trinajstić information content (AvgIpc) is 3.32. The summed E-state index contributed by atoms with van der Waals surface area (Å²) in [6.45, 7) is 3.00. The first-order valence-electron chi connectivity index (χ1n) is 7.96. The van der Waals surface area contributed by atoms with Gasteiger partial charge in [0, 0.05) is 11.1 Å². The first kappa shape index (κ1) is 15.0. The summed E-state index contributed by atoms with van der Waals surface area (Å²) in [5.74, 6) is 2.97. The van der Waals surface area contributed by atoms with Gasteiger partial charge in [-0.2, -0.15) is 0 Å². The molecule has 1 saturated heterocycles. The van der Waals surface area contributed by atoms with Gasteiger partial charge in [0.2, 0.25) is 0 Å². The molecule has 1 atom stereocenters. The van der Waals surface area contributed by atoms with E-state index in [2.05, 4.69) is 11.4 Å². The van der Waals surface area contributed by atoms with Gasteiger partial charge in [-0.05, 0) is 68.7 Å². The van der Waals surface area contributed by atoms with Crippen LogP contribution in [0.3, 0.4) is 0 Å². The summed E-state index contributed by atoms with van der Waals surface area (Å²) in [4.78, 5) is 0. The Morgan fingerprint density at radius 2 is 2.05 bits per heavy atom. The van der Waals surface area contributed by atoms with Crippen LogP contribution in [0.5, 0.6) is 11.5 Å². The molecule has 1 aliphatic heterocycles. The van der Waals surface area contributed by atoms with Crippen LogP contribution in [-0.4, -0.2) is 26.8 Å². The summed E-state index contributed by atoms with van der Waals surface area (Å²) in [5.41, 5.74) is 1.17. The van der Waals surface area contributed by atoms with Crippen LogP contribution in [0, 0.1) is 11.8 Å². The third kappa shape index (κ3) is 4.04. The summed E-state index contributed by atoms with van der Waals surface area (Å²) in [5, 5.41) is 4.25. The van der Waals surface area contributed by atoms with Crippen LogP contribution in [0.1, 0.15) is 31.2 Å². The standard InChI is InChI=1S/C17H24ClNO2/c1-20-16-8-14(7-13-3-2-6-19-10-13)15(18)9-17(16)21-11-12-4-5-12/h8-9,12-13,19H,2-7,10-11H2,1H3. The highest BCUT2D eigenvalue weighted by molar-refractivity contribution is 6.31. The van der Waals surface area contributed by atoms with Gasteiger partial charge < -0.3 is 14.8 Å². The Kier molecular flexibility index (Phi) is 4.91. The van der Waals surface area contributed by atoms with Gasteiger partial charge in [-0.25, -0.2) is 0 Å². The number of benzene rings is 1. The fraction of sp³-hybridized carbons (Fsp3) is 0.647. The number of ether oxygens (including phenoxy) is 2. The zero-order chi connectivity index (χ0) is 14.7. The molecule has 0 aromatic heterocycles. The lowest BCUT2D eigenvalue weighted by atomic mass is 9.92. The van der Waals surface area contributed by atoms with Crippen molar-refractivity contribution in [3.63, 3.8) is 0 Å². The zero-order valence-electron chi connectivity index (χ0n) is 12.7. The van der Waals surface area contributed by atoms with Gasteiger partial charge in [-0.1, -0.05) is 11.6 Å².